The molecule has 0 aromatic heterocycles. The van der Waals surface area contributed by atoms with Crippen LogP contribution in [0.4, 0.5) is 0 Å². The maximum absolute atomic E-state index is 3.60. The molecule has 3 unspecified atom stereocenters. The minimum Gasteiger partial charge on any atom is -0.313 e. The Bertz CT molecular complexity index is 419. The zero-order chi connectivity index (χ0) is 14.0. The van der Waals surface area contributed by atoms with Crippen LogP contribution in [0.25, 0.3) is 0 Å². The topological polar surface area (TPSA) is 12.0 Å². The van der Waals surface area contributed by atoms with Gasteiger partial charge in [0.05, 0.1) is 0 Å². The van der Waals surface area contributed by atoms with Crippen LogP contribution in [0.5, 0.6) is 0 Å². The van der Waals surface area contributed by atoms with Crippen molar-refractivity contribution in [2.45, 2.75) is 46.1 Å². The quantitative estimate of drug-likeness (QED) is 0.816. The Balaban J connectivity index is 2.21. The number of rotatable bonds is 3. The Morgan fingerprint density at radius 2 is 1.79 bits per heavy atom. The summed E-state index contributed by atoms with van der Waals surface area (Å²) in [6, 6.07) is 7.28. The third-order valence-corrected chi connectivity index (χ3v) is 5.43. The Kier molecular flexibility index (Phi) is 5.08. The van der Waals surface area contributed by atoms with Crippen LogP contribution < -0.4 is 5.32 Å². The van der Waals surface area contributed by atoms with E-state index in [0.29, 0.717) is 6.04 Å². The van der Waals surface area contributed by atoms with E-state index in [1.165, 1.54) is 34.9 Å². The average Bonchev–Trinajstić information content (AvgIpc) is 2.33. The number of nitrogens with one attached hydrogen (secondary N) is 1. The summed E-state index contributed by atoms with van der Waals surface area (Å²) in [5.74, 6) is 2.49. The van der Waals surface area contributed by atoms with Crippen LogP contribution in [0.1, 0.15) is 50.3 Å². The van der Waals surface area contributed by atoms with Gasteiger partial charge in [-0.05, 0) is 68.2 Å². The van der Waals surface area contributed by atoms with E-state index in [2.05, 4.69) is 67.3 Å². The lowest BCUT2D eigenvalue weighted by Crippen LogP contribution is -2.31. The van der Waals surface area contributed by atoms with Crippen LogP contribution in [0.15, 0.2) is 22.7 Å². The second-order valence-corrected chi connectivity index (χ2v) is 7.31. The van der Waals surface area contributed by atoms with Crippen molar-refractivity contribution < 1.29 is 0 Å². The summed E-state index contributed by atoms with van der Waals surface area (Å²) in [5.41, 5.74) is 2.77. The molecule has 1 saturated carbocycles. The second-order valence-electron chi connectivity index (χ2n) is 6.45. The van der Waals surface area contributed by atoms with Gasteiger partial charge in [-0.2, -0.15) is 0 Å². The van der Waals surface area contributed by atoms with Gasteiger partial charge in [0, 0.05) is 10.5 Å². The number of aryl methyl sites for hydroxylation is 1. The van der Waals surface area contributed by atoms with Gasteiger partial charge in [0.25, 0.3) is 0 Å². The van der Waals surface area contributed by atoms with E-state index < -0.39 is 0 Å². The van der Waals surface area contributed by atoms with Crippen LogP contribution in [0.2, 0.25) is 0 Å². The molecule has 0 bridgehead atoms. The van der Waals surface area contributed by atoms with E-state index in [1.54, 1.807) is 0 Å². The van der Waals surface area contributed by atoms with Gasteiger partial charge in [-0.1, -0.05) is 41.9 Å². The highest BCUT2D eigenvalue weighted by atomic mass is 79.9. The van der Waals surface area contributed by atoms with Gasteiger partial charge in [-0.15, -0.1) is 0 Å². The molecule has 2 rings (SSSR count). The van der Waals surface area contributed by atoms with Crippen molar-refractivity contribution in [1.82, 2.24) is 5.32 Å². The van der Waals surface area contributed by atoms with Gasteiger partial charge in [-0.25, -0.2) is 0 Å². The first-order chi connectivity index (χ1) is 9.01. The Hall–Kier alpha value is -0.340. The molecule has 1 fully saturated rings. The van der Waals surface area contributed by atoms with Crippen molar-refractivity contribution in [1.29, 1.82) is 0 Å². The van der Waals surface area contributed by atoms with Gasteiger partial charge in [0.1, 0.15) is 0 Å². The molecular formula is C17H26BrN. The lowest BCUT2D eigenvalue weighted by atomic mass is 9.72. The number of halogens is 1. The maximum atomic E-state index is 3.60. The summed E-state index contributed by atoms with van der Waals surface area (Å²) in [6.07, 6.45) is 4.10. The Morgan fingerprint density at radius 1 is 1.16 bits per heavy atom. The van der Waals surface area contributed by atoms with Crippen molar-refractivity contribution in [2.75, 3.05) is 7.05 Å². The normalized spacial score (nSPS) is 29.2. The van der Waals surface area contributed by atoms with Crippen molar-refractivity contribution in [2.24, 2.45) is 17.8 Å². The lowest BCUT2D eigenvalue weighted by molar-refractivity contribution is 0.180. The highest BCUT2D eigenvalue weighted by molar-refractivity contribution is 9.10. The minimum atomic E-state index is 0.497. The van der Waals surface area contributed by atoms with Gasteiger partial charge in [-0.3, -0.25) is 0 Å². The zero-order valence-electron chi connectivity index (χ0n) is 12.5. The summed E-state index contributed by atoms with van der Waals surface area (Å²) < 4.78 is 1.21. The molecule has 1 aliphatic rings. The molecule has 2 heteroatoms. The van der Waals surface area contributed by atoms with E-state index >= 15 is 0 Å². The summed E-state index contributed by atoms with van der Waals surface area (Å²) in [4.78, 5) is 0. The molecule has 0 amide bonds. The van der Waals surface area contributed by atoms with Crippen LogP contribution in [-0.2, 0) is 0 Å². The largest absolute Gasteiger partial charge is 0.313 e. The molecule has 0 saturated heterocycles. The highest BCUT2D eigenvalue weighted by Crippen LogP contribution is 2.40. The van der Waals surface area contributed by atoms with E-state index in [9.17, 15) is 0 Å². The first-order valence-electron chi connectivity index (χ1n) is 7.44. The van der Waals surface area contributed by atoms with E-state index in [4.69, 9.17) is 0 Å². The fourth-order valence-electron chi connectivity index (χ4n) is 3.82. The van der Waals surface area contributed by atoms with Crippen molar-refractivity contribution >= 4 is 15.9 Å². The molecule has 1 aromatic rings. The van der Waals surface area contributed by atoms with E-state index in [0.717, 1.165) is 17.8 Å². The maximum Gasteiger partial charge on any atom is 0.0346 e. The zero-order valence-corrected chi connectivity index (χ0v) is 14.1. The molecule has 106 valence electrons. The smallest absolute Gasteiger partial charge is 0.0346 e. The highest BCUT2D eigenvalue weighted by Gasteiger charge is 2.30. The molecule has 19 heavy (non-hydrogen) atoms. The third-order valence-electron chi connectivity index (χ3n) is 4.54. The van der Waals surface area contributed by atoms with Crippen LogP contribution in [-0.4, -0.2) is 7.05 Å². The molecule has 0 heterocycles. The van der Waals surface area contributed by atoms with E-state index in [-0.39, 0.29) is 0 Å². The summed E-state index contributed by atoms with van der Waals surface area (Å²) in [5, 5.41) is 3.56. The Labute approximate surface area is 126 Å². The molecule has 1 aliphatic carbocycles. The van der Waals surface area contributed by atoms with Crippen LogP contribution in [0, 0.1) is 24.7 Å². The first-order valence-corrected chi connectivity index (χ1v) is 8.23. The molecule has 0 aliphatic heterocycles. The number of hydrogen-bond acceptors (Lipinski definition) is 1. The van der Waals surface area contributed by atoms with Gasteiger partial charge < -0.3 is 5.32 Å². The summed E-state index contributed by atoms with van der Waals surface area (Å²) in [7, 11) is 2.10. The van der Waals surface area contributed by atoms with Gasteiger partial charge in [0.15, 0.2) is 0 Å². The molecule has 3 atom stereocenters. The fraction of sp³-hybridized carbons (Fsp3) is 0.647. The Morgan fingerprint density at radius 3 is 2.32 bits per heavy atom. The van der Waals surface area contributed by atoms with Crippen LogP contribution >= 0.6 is 15.9 Å². The predicted octanol–water partition coefficient (Wildman–Crippen LogP) is 5.09. The summed E-state index contributed by atoms with van der Waals surface area (Å²) in [6.45, 7) is 6.98. The second kappa shape index (κ2) is 6.41. The molecule has 1 N–H and O–H groups in total. The number of benzene rings is 1. The van der Waals surface area contributed by atoms with Crippen molar-refractivity contribution in [3.63, 3.8) is 0 Å². The van der Waals surface area contributed by atoms with Crippen molar-refractivity contribution in [3.8, 4) is 0 Å². The fourth-order valence-corrected chi connectivity index (χ4v) is 4.06. The van der Waals surface area contributed by atoms with Crippen molar-refractivity contribution in [3.05, 3.63) is 33.8 Å². The molecular weight excluding hydrogens is 298 g/mol. The first kappa shape index (κ1) is 15.1. The van der Waals surface area contributed by atoms with Gasteiger partial charge >= 0.3 is 0 Å². The summed E-state index contributed by atoms with van der Waals surface area (Å²) >= 11 is 3.60. The predicted molar refractivity (Wildman–Crippen MR) is 86.3 cm³/mol. The number of hydrogen-bond donors (Lipinski definition) is 1. The SMILES string of the molecule is CNC(c1ccc(Br)c(C)c1)C1CC(C)CC(C)C1. The molecule has 0 radical (unpaired) electrons. The molecule has 0 spiro atoms. The van der Waals surface area contributed by atoms with E-state index in [1.807, 2.05) is 0 Å². The molecule has 1 aromatic carbocycles. The third kappa shape index (κ3) is 3.61. The van der Waals surface area contributed by atoms with Gasteiger partial charge in [0.2, 0.25) is 0 Å². The standard InChI is InChI=1S/C17H26BrN/c1-11-7-12(2)9-15(8-11)17(19-4)14-5-6-16(18)13(3)10-14/h5-6,10-12,15,17,19H,7-9H2,1-4H3. The minimum absolute atomic E-state index is 0.497. The lowest BCUT2D eigenvalue weighted by Gasteiger charge is -2.36. The monoisotopic (exact) mass is 323 g/mol. The van der Waals surface area contributed by atoms with Crippen LogP contribution in [0.3, 0.4) is 0 Å². The average molecular weight is 324 g/mol. The molecule has 1 nitrogen and oxygen atoms in total.